The molecule has 5 heteroatoms. The van der Waals surface area contributed by atoms with Crippen LogP contribution in [0.25, 0.3) is 0 Å². The molecule has 1 aromatic rings. The van der Waals surface area contributed by atoms with Crippen LogP contribution in [0.3, 0.4) is 0 Å². The number of piperazine rings is 1. The van der Waals surface area contributed by atoms with E-state index in [4.69, 9.17) is 5.73 Å². The van der Waals surface area contributed by atoms with Gasteiger partial charge in [-0.1, -0.05) is 12.1 Å². The van der Waals surface area contributed by atoms with Gasteiger partial charge in [-0.2, -0.15) is 0 Å². The van der Waals surface area contributed by atoms with E-state index in [0.717, 1.165) is 18.5 Å². The first-order valence-electron chi connectivity index (χ1n) is 7.34. The molecule has 21 heavy (non-hydrogen) atoms. The van der Waals surface area contributed by atoms with E-state index in [1.54, 1.807) is 11.9 Å². The van der Waals surface area contributed by atoms with Crippen LogP contribution in [0.2, 0.25) is 0 Å². The summed E-state index contributed by atoms with van der Waals surface area (Å²) in [5.41, 5.74) is 8.14. The van der Waals surface area contributed by atoms with Crippen LogP contribution in [0.4, 0.5) is 5.69 Å². The predicted octanol–water partition coefficient (Wildman–Crippen LogP) is 0.870. The molecule has 1 saturated heterocycles. The van der Waals surface area contributed by atoms with Crippen molar-refractivity contribution < 1.29 is 9.59 Å². The zero-order chi connectivity index (χ0) is 15.2. The Hall–Kier alpha value is -1.88. The summed E-state index contributed by atoms with van der Waals surface area (Å²) >= 11 is 0. The van der Waals surface area contributed by atoms with E-state index in [1.807, 2.05) is 25.1 Å². The van der Waals surface area contributed by atoms with Crippen molar-refractivity contribution in [2.75, 3.05) is 25.0 Å². The Morgan fingerprint density at radius 3 is 2.52 bits per heavy atom. The maximum Gasteiger partial charge on any atom is 0.247 e. The molecule has 1 aliphatic carbocycles. The molecule has 1 aromatic carbocycles. The Morgan fingerprint density at radius 2 is 1.90 bits per heavy atom. The van der Waals surface area contributed by atoms with Gasteiger partial charge in [0.05, 0.1) is 6.54 Å². The van der Waals surface area contributed by atoms with Gasteiger partial charge in [-0.25, -0.2) is 0 Å². The van der Waals surface area contributed by atoms with Crippen LogP contribution in [0.15, 0.2) is 24.3 Å². The number of carbonyl (C=O) groups excluding carboxylic acids is 2. The van der Waals surface area contributed by atoms with Gasteiger partial charge in [-0.15, -0.1) is 0 Å². The van der Waals surface area contributed by atoms with Crippen molar-refractivity contribution in [1.82, 2.24) is 4.90 Å². The fraction of sp³-hybridized carbons (Fsp3) is 0.500. The molecule has 2 N–H and O–H groups in total. The summed E-state index contributed by atoms with van der Waals surface area (Å²) in [5.74, 6) is -0.0757. The topological polar surface area (TPSA) is 66.6 Å². The van der Waals surface area contributed by atoms with Gasteiger partial charge in [0, 0.05) is 24.2 Å². The third-order valence-corrected chi connectivity index (χ3v) is 4.79. The Bertz CT molecular complexity index is 593. The molecule has 1 unspecified atom stereocenters. The van der Waals surface area contributed by atoms with Gasteiger partial charge < -0.3 is 15.5 Å². The molecule has 1 saturated carbocycles. The summed E-state index contributed by atoms with van der Waals surface area (Å²) in [6, 6.07) is 8.02. The molecule has 1 heterocycles. The SMILES string of the molecule is CC(N)C1(c2cccc(N3CC(=O)N(C)CC3=O)c2)CC1. The monoisotopic (exact) mass is 287 g/mol. The molecule has 3 rings (SSSR count). The molecule has 1 atom stereocenters. The standard InChI is InChI=1S/C16H21N3O2/c1-11(17)16(6-7-16)12-4-3-5-13(8-12)19-10-14(20)18(2)9-15(19)21/h3-5,8,11H,6-7,9-10,17H2,1-2H3. The smallest absolute Gasteiger partial charge is 0.247 e. The number of likely N-dealkylation sites (N-methyl/N-ethyl adjacent to an activating group) is 1. The quantitative estimate of drug-likeness (QED) is 0.897. The van der Waals surface area contributed by atoms with Gasteiger partial charge in [0.1, 0.15) is 6.54 Å². The highest BCUT2D eigenvalue weighted by Crippen LogP contribution is 2.50. The number of rotatable bonds is 3. The summed E-state index contributed by atoms with van der Waals surface area (Å²) in [4.78, 5) is 27.0. The zero-order valence-corrected chi connectivity index (χ0v) is 12.5. The minimum Gasteiger partial charge on any atom is -0.335 e. The summed E-state index contributed by atoms with van der Waals surface area (Å²) in [7, 11) is 1.66. The molecule has 2 amide bonds. The Kier molecular flexibility index (Phi) is 3.24. The fourth-order valence-electron chi connectivity index (χ4n) is 3.08. The molecule has 2 fully saturated rings. The minimum absolute atomic E-state index is 0.0340. The van der Waals surface area contributed by atoms with Crippen LogP contribution in [-0.2, 0) is 15.0 Å². The lowest BCUT2D eigenvalue weighted by molar-refractivity contribution is -0.136. The third kappa shape index (κ3) is 2.31. The average molecular weight is 287 g/mol. The number of hydrogen-bond donors (Lipinski definition) is 1. The number of nitrogens with zero attached hydrogens (tertiary/aromatic N) is 2. The molecular weight excluding hydrogens is 266 g/mol. The van der Waals surface area contributed by atoms with Gasteiger partial charge in [0.2, 0.25) is 11.8 Å². The molecule has 5 nitrogen and oxygen atoms in total. The maximum absolute atomic E-state index is 12.2. The van der Waals surface area contributed by atoms with Crippen molar-refractivity contribution >= 4 is 17.5 Å². The van der Waals surface area contributed by atoms with Crippen molar-refractivity contribution in [3.05, 3.63) is 29.8 Å². The second kappa shape index (κ2) is 4.84. The van der Waals surface area contributed by atoms with Gasteiger partial charge in [-0.3, -0.25) is 9.59 Å². The van der Waals surface area contributed by atoms with Gasteiger partial charge >= 0.3 is 0 Å². The first kappa shape index (κ1) is 14.1. The molecule has 0 bridgehead atoms. The summed E-state index contributed by atoms with van der Waals surface area (Å²) < 4.78 is 0. The average Bonchev–Trinajstić information content (AvgIpc) is 3.25. The Labute approximate surface area is 124 Å². The van der Waals surface area contributed by atoms with E-state index in [0.29, 0.717) is 0 Å². The Balaban J connectivity index is 1.90. The lowest BCUT2D eigenvalue weighted by Gasteiger charge is -2.32. The van der Waals surface area contributed by atoms with Gasteiger partial charge in [-0.05, 0) is 37.5 Å². The normalized spacial score (nSPS) is 22.4. The minimum atomic E-state index is -0.0418. The number of benzene rings is 1. The highest BCUT2D eigenvalue weighted by atomic mass is 16.2. The van der Waals surface area contributed by atoms with Crippen LogP contribution in [0, 0.1) is 0 Å². The van der Waals surface area contributed by atoms with Crippen LogP contribution >= 0.6 is 0 Å². The predicted molar refractivity (Wildman–Crippen MR) is 81.0 cm³/mol. The van der Waals surface area contributed by atoms with Crippen LogP contribution in [0.1, 0.15) is 25.3 Å². The molecule has 0 aromatic heterocycles. The van der Waals surface area contributed by atoms with Crippen molar-refractivity contribution in [2.45, 2.75) is 31.2 Å². The van der Waals surface area contributed by atoms with Crippen LogP contribution in [-0.4, -0.2) is 42.9 Å². The van der Waals surface area contributed by atoms with E-state index in [9.17, 15) is 9.59 Å². The van der Waals surface area contributed by atoms with Crippen molar-refractivity contribution in [3.8, 4) is 0 Å². The molecule has 0 spiro atoms. The summed E-state index contributed by atoms with van der Waals surface area (Å²) in [6.07, 6.45) is 2.17. The number of hydrogen-bond acceptors (Lipinski definition) is 3. The van der Waals surface area contributed by atoms with Gasteiger partial charge in [0.25, 0.3) is 0 Å². The highest BCUT2D eigenvalue weighted by Gasteiger charge is 2.47. The van der Waals surface area contributed by atoms with Crippen molar-refractivity contribution in [1.29, 1.82) is 0 Å². The highest BCUT2D eigenvalue weighted by molar-refractivity contribution is 6.04. The summed E-state index contributed by atoms with van der Waals surface area (Å²) in [5, 5.41) is 0. The van der Waals surface area contributed by atoms with E-state index in [1.165, 1.54) is 10.5 Å². The van der Waals surface area contributed by atoms with Gasteiger partial charge in [0.15, 0.2) is 0 Å². The molecule has 112 valence electrons. The van der Waals surface area contributed by atoms with E-state index in [-0.39, 0.29) is 36.4 Å². The first-order chi connectivity index (χ1) is 9.94. The lowest BCUT2D eigenvalue weighted by atomic mass is 9.89. The second-order valence-electron chi connectivity index (χ2n) is 6.22. The van der Waals surface area contributed by atoms with E-state index < -0.39 is 0 Å². The largest absolute Gasteiger partial charge is 0.335 e. The summed E-state index contributed by atoms with van der Waals surface area (Å²) in [6.45, 7) is 2.29. The Morgan fingerprint density at radius 1 is 1.19 bits per heavy atom. The number of amides is 2. The molecule has 1 aliphatic heterocycles. The zero-order valence-electron chi connectivity index (χ0n) is 12.5. The van der Waals surface area contributed by atoms with Crippen LogP contribution in [0.5, 0.6) is 0 Å². The number of carbonyl (C=O) groups is 2. The maximum atomic E-state index is 12.2. The molecule has 0 radical (unpaired) electrons. The van der Waals surface area contributed by atoms with E-state index in [2.05, 4.69) is 6.07 Å². The number of anilines is 1. The van der Waals surface area contributed by atoms with Crippen molar-refractivity contribution in [3.63, 3.8) is 0 Å². The fourth-order valence-corrected chi connectivity index (χ4v) is 3.08. The van der Waals surface area contributed by atoms with E-state index >= 15 is 0 Å². The van der Waals surface area contributed by atoms with Crippen molar-refractivity contribution in [2.24, 2.45) is 5.73 Å². The molecule has 2 aliphatic rings. The molecular formula is C16H21N3O2. The first-order valence-corrected chi connectivity index (χ1v) is 7.34. The third-order valence-electron chi connectivity index (χ3n) is 4.79. The number of nitrogens with two attached hydrogens (primary N) is 1. The van der Waals surface area contributed by atoms with Crippen LogP contribution < -0.4 is 10.6 Å². The second-order valence-corrected chi connectivity index (χ2v) is 6.22. The lowest BCUT2D eigenvalue weighted by Crippen LogP contribution is -2.52.